The topological polar surface area (TPSA) is 126 Å². The fourth-order valence-electron chi connectivity index (χ4n) is 1.62. The molecule has 1 aromatic carbocycles. The third-order valence-electron chi connectivity index (χ3n) is 2.67. The Morgan fingerprint density at radius 1 is 1.09 bits per heavy atom. The molecule has 0 saturated carbocycles. The molecule has 120 valence electrons. The summed E-state index contributed by atoms with van der Waals surface area (Å²) in [5.41, 5.74) is 8.18. The van der Waals surface area contributed by atoms with Crippen LogP contribution in [0.25, 0.3) is 0 Å². The van der Waals surface area contributed by atoms with Gasteiger partial charge in [-0.3, -0.25) is 0 Å². The maximum atomic E-state index is 9.55. The van der Waals surface area contributed by atoms with E-state index in [9.17, 15) is 9.59 Å². The molecule has 0 fully saturated rings. The molecule has 1 heterocycles. The summed E-state index contributed by atoms with van der Waals surface area (Å²) in [6, 6.07) is 11.9. The molecule has 1 aromatic heterocycles. The number of rotatable bonds is 5. The van der Waals surface area contributed by atoms with E-state index in [1.807, 2.05) is 36.4 Å². The lowest BCUT2D eigenvalue weighted by Gasteiger charge is -2.10. The molecule has 23 heavy (non-hydrogen) atoms. The number of aliphatic carboxylic acids is 2. The lowest BCUT2D eigenvalue weighted by Crippen LogP contribution is -2.13. The van der Waals surface area contributed by atoms with Crippen LogP contribution in [-0.4, -0.2) is 32.1 Å². The van der Waals surface area contributed by atoms with Crippen LogP contribution in [0.4, 0.5) is 0 Å². The summed E-state index contributed by atoms with van der Waals surface area (Å²) in [7, 11) is 0. The van der Waals surface area contributed by atoms with Crippen LogP contribution in [0.3, 0.4) is 0 Å². The van der Waals surface area contributed by atoms with Crippen LogP contribution in [0.1, 0.15) is 17.3 Å². The number of carboxylic acid groups (broad SMARTS) is 2. The number of benzene rings is 1. The predicted octanol–water partition coefficient (Wildman–Crippen LogP) is 1.43. The Morgan fingerprint density at radius 2 is 1.70 bits per heavy atom. The zero-order valence-corrected chi connectivity index (χ0v) is 12.2. The van der Waals surface area contributed by atoms with Crippen molar-refractivity contribution in [3.05, 3.63) is 72.3 Å². The summed E-state index contributed by atoms with van der Waals surface area (Å²) in [6.07, 6.45) is 5.14. The van der Waals surface area contributed by atoms with E-state index in [4.69, 9.17) is 15.9 Å². The Kier molecular flexibility index (Phi) is 7.67. The molecule has 7 heteroatoms. The maximum absolute atomic E-state index is 9.55. The van der Waals surface area contributed by atoms with Crippen molar-refractivity contribution in [3.63, 3.8) is 0 Å². The Hall–Kier alpha value is -3.06. The molecule has 0 spiro atoms. The van der Waals surface area contributed by atoms with Crippen LogP contribution in [-0.2, 0) is 16.0 Å². The van der Waals surface area contributed by atoms with E-state index in [0.717, 1.165) is 17.7 Å². The van der Waals surface area contributed by atoms with Gasteiger partial charge in [0.2, 0.25) is 0 Å². The van der Waals surface area contributed by atoms with Gasteiger partial charge in [-0.05, 0) is 11.6 Å². The fourth-order valence-corrected chi connectivity index (χ4v) is 1.62. The van der Waals surface area contributed by atoms with E-state index >= 15 is 0 Å². The molecular weight excluding hydrogens is 298 g/mol. The van der Waals surface area contributed by atoms with Gasteiger partial charge in [0.1, 0.15) is 6.33 Å². The van der Waals surface area contributed by atoms with Gasteiger partial charge in [0.15, 0.2) is 0 Å². The van der Waals surface area contributed by atoms with Crippen molar-refractivity contribution >= 4 is 11.9 Å². The second-order valence-electron chi connectivity index (χ2n) is 4.43. The Morgan fingerprint density at radius 3 is 2.17 bits per heavy atom. The molecule has 0 aliphatic rings. The van der Waals surface area contributed by atoms with E-state index in [1.54, 1.807) is 12.5 Å². The third kappa shape index (κ3) is 8.08. The predicted molar refractivity (Wildman–Crippen MR) is 83.5 cm³/mol. The van der Waals surface area contributed by atoms with Gasteiger partial charge in [0.25, 0.3) is 0 Å². The third-order valence-corrected chi connectivity index (χ3v) is 2.67. The standard InChI is InChI=1S/C12H13N3.C4H4O4/c13-12(10-4-2-1-3-5-10)8-11-6-7-14-9-15-11;5-3(6)1-2-4(7)8/h1-7,9,12H,8,13H2;1-2H,(H,5,6)(H,7,8). The highest BCUT2D eigenvalue weighted by atomic mass is 16.4. The fraction of sp³-hybridized carbons (Fsp3) is 0.125. The smallest absolute Gasteiger partial charge is 0.328 e. The number of aromatic nitrogens is 2. The molecule has 0 amide bonds. The first-order chi connectivity index (χ1) is 11.0. The van der Waals surface area contributed by atoms with Crippen molar-refractivity contribution in [2.45, 2.75) is 12.5 Å². The lowest BCUT2D eigenvalue weighted by atomic mass is 10.0. The summed E-state index contributed by atoms with van der Waals surface area (Å²) in [5.74, 6) is -2.51. The summed E-state index contributed by atoms with van der Waals surface area (Å²) >= 11 is 0. The van der Waals surface area contributed by atoms with Gasteiger partial charge < -0.3 is 15.9 Å². The van der Waals surface area contributed by atoms with Gasteiger partial charge in [-0.2, -0.15) is 0 Å². The van der Waals surface area contributed by atoms with Crippen molar-refractivity contribution in [1.82, 2.24) is 9.97 Å². The van der Waals surface area contributed by atoms with Crippen LogP contribution in [0.5, 0.6) is 0 Å². The summed E-state index contributed by atoms with van der Waals surface area (Å²) < 4.78 is 0. The van der Waals surface area contributed by atoms with E-state index in [-0.39, 0.29) is 6.04 Å². The molecule has 0 aliphatic carbocycles. The maximum Gasteiger partial charge on any atom is 0.328 e. The Labute approximate surface area is 133 Å². The SMILES string of the molecule is NC(Cc1ccncn1)c1ccccc1.O=C(O)C=CC(=O)O. The monoisotopic (exact) mass is 315 g/mol. The van der Waals surface area contributed by atoms with Crippen LogP contribution in [0.15, 0.2) is 61.1 Å². The van der Waals surface area contributed by atoms with Crippen LogP contribution in [0, 0.1) is 0 Å². The number of nitrogens with zero attached hydrogens (tertiary/aromatic N) is 2. The van der Waals surface area contributed by atoms with Crippen molar-refractivity contribution in [2.75, 3.05) is 0 Å². The molecule has 7 nitrogen and oxygen atoms in total. The highest BCUT2D eigenvalue weighted by Crippen LogP contribution is 2.13. The second kappa shape index (κ2) is 9.80. The van der Waals surface area contributed by atoms with E-state index in [1.165, 1.54) is 0 Å². The molecular formula is C16H17N3O4. The van der Waals surface area contributed by atoms with Gasteiger partial charge in [0, 0.05) is 36.5 Å². The van der Waals surface area contributed by atoms with E-state index < -0.39 is 11.9 Å². The molecule has 1 atom stereocenters. The molecule has 2 aromatic rings. The number of nitrogens with two attached hydrogens (primary N) is 1. The summed E-state index contributed by atoms with van der Waals surface area (Å²) in [5, 5.41) is 15.6. The molecule has 0 saturated heterocycles. The van der Waals surface area contributed by atoms with E-state index in [0.29, 0.717) is 12.2 Å². The first-order valence-electron chi connectivity index (χ1n) is 6.68. The Bertz CT molecular complexity index is 629. The minimum absolute atomic E-state index is 0.00102. The zero-order valence-electron chi connectivity index (χ0n) is 12.2. The van der Waals surface area contributed by atoms with Gasteiger partial charge in [0.05, 0.1) is 0 Å². The van der Waals surface area contributed by atoms with Gasteiger partial charge >= 0.3 is 11.9 Å². The van der Waals surface area contributed by atoms with Crippen molar-refractivity contribution in [1.29, 1.82) is 0 Å². The highest BCUT2D eigenvalue weighted by molar-refractivity contribution is 5.89. The quantitative estimate of drug-likeness (QED) is 0.712. The lowest BCUT2D eigenvalue weighted by molar-refractivity contribution is -0.134. The summed E-state index contributed by atoms with van der Waals surface area (Å²) in [4.78, 5) is 27.1. The second-order valence-corrected chi connectivity index (χ2v) is 4.43. The average molecular weight is 315 g/mol. The summed E-state index contributed by atoms with van der Waals surface area (Å²) in [6.45, 7) is 0. The minimum atomic E-state index is -1.26. The van der Waals surface area contributed by atoms with Crippen LogP contribution in [0.2, 0.25) is 0 Å². The van der Waals surface area contributed by atoms with Crippen LogP contribution < -0.4 is 5.73 Å². The first-order valence-corrected chi connectivity index (χ1v) is 6.68. The van der Waals surface area contributed by atoms with Gasteiger partial charge in [-0.15, -0.1) is 0 Å². The molecule has 2 rings (SSSR count). The molecule has 0 radical (unpaired) electrons. The normalized spacial score (nSPS) is 11.3. The highest BCUT2D eigenvalue weighted by Gasteiger charge is 2.06. The molecule has 0 aliphatic heterocycles. The number of carbonyl (C=O) groups is 2. The molecule has 0 bridgehead atoms. The molecule has 4 N–H and O–H groups in total. The largest absolute Gasteiger partial charge is 0.478 e. The molecule has 1 unspecified atom stereocenters. The number of hydrogen-bond acceptors (Lipinski definition) is 5. The average Bonchev–Trinajstić information content (AvgIpc) is 2.55. The number of carboxylic acids is 2. The van der Waals surface area contributed by atoms with Crippen molar-refractivity contribution in [2.24, 2.45) is 5.73 Å². The number of hydrogen-bond donors (Lipinski definition) is 3. The zero-order chi connectivity index (χ0) is 17.1. The van der Waals surface area contributed by atoms with Crippen LogP contribution >= 0.6 is 0 Å². The van der Waals surface area contributed by atoms with Gasteiger partial charge in [-0.1, -0.05) is 30.3 Å². The van der Waals surface area contributed by atoms with Crippen molar-refractivity contribution in [3.8, 4) is 0 Å². The Balaban J connectivity index is 0.000000284. The van der Waals surface area contributed by atoms with E-state index in [2.05, 4.69) is 9.97 Å². The minimum Gasteiger partial charge on any atom is -0.478 e. The first kappa shape index (κ1) is 18.0. The van der Waals surface area contributed by atoms with Gasteiger partial charge in [-0.25, -0.2) is 19.6 Å². The van der Waals surface area contributed by atoms with Crippen molar-refractivity contribution < 1.29 is 19.8 Å².